The molecule has 0 fully saturated rings. The van der Waals surface area contributed by atoms with E-state index in [-0.39, 0.29) is 5.41 Å². The molecule has 3 aliphatic carbocycles. The molecular weight excluding hydrogens is 290 g/mol. The number of aromatic amines is 1. The molecule has 0 saturated carbocycles. The maximum Gasteiger partial charge on any atom is 0.0468 e. The summed E-state index contributed by atoms with van der Waals surface area (Å²) in [5.74, 6) is 0.406. The Balaban J connectivity index is 1.92. The Morgan fingerprint density at radius 2 is 1.75 bits per heavy atom. The van der Waals surface area contributed by atoms with Gasteiger partial charge in [0.05, 0.1) is 0 Å². The summed E-state index contributed by atoms with van der Waals surface area (Å²) in [6, 6.07) is 15.5. The Morgan fingerprint density at radius 3 is 2.67 bits per heavy atom. The average Bonchev–Trinajstić information content (AvgIpc) is 2.96. The summed E-state index contributed by atoms with van der Waals surface area (Å²) in [5, 5.41) is 1.40. The molecule has 0 spiro atoms. The lowest BCUT2D eigenvalue weighted by molar-refractivity contribution is 0.516. The van der Waals surface area contributed by atoms with Crippen molar-refractivity contribution >= 4 is 22.6 Å². The van der Waals surface area contributed by atoms with Gasteiger partial charge in [-0.15, -0.1) is 0 Å². The van der Waals surface area contributed by atoms with Gasteiger partial charge in [-0.2, -0.15) is 0 Å². The van der Waals surface area contributed by atoms with Gasteiger partial charge in [0.25, 0.3) is 0 Å². The number of benzene rings is 2. The summed E-state index contributed by atoms with van der Waals surface area (Å²) in [6.07, 6.45) is 11.5. The van der Waals surface area contributed by atoms with Crippen LogP contribution in [0, 0.1) is 5.92 Å². The Labute approximate surface area is 141 Å². The lowest BCUT2D eigenvalue weighted by Gasteiger charge is -2.41. The van der Waals surface area contributed by atoms with E-state index in [1.54, 1.807) is 0 Å². The molecule has 114 valence electrons. The second-order valence-electron chi connectivity index (χ2n) is 7.24. The van der Waals surface area contributed by atoms with Crippen molar-refractivity contribution in [3.63, 3.8) is 0 Å². The third kappa shape index (κ3) is 1.25. The van der Waals surface area contributed by atoms with E-state index in [0.717, 1.165) is 0 Å². The minimum atomic E-state index is -0.0141. The lowest BCUT2D eigenvalue weighted by Crippen LogP contribution is -2.34. The fourth-order valence-corrected chi connectivity index (χ4v) is 5.05. The second kappa shape index (κ2) is 3.99. The molecule has 0 amide bonds. The molecule has 2 unspecified atom stereocenters. The van der Waals surface area contributed by atoms with Crippen LogP contribution in [0.15, 0.2) is 66.8 Å². The Bertz CT molecular complexity index is 1120. The lowest BCUT2D eigenvalue weighted by atomic mass is 9.61. The molecule has 6 rings (SSSR count). The van der Waals surface area contributed by atoms with Crippen molar-refractivity contribution in [2.75, 3.05) is 0 Å². The highest BCUT2D eigenvalue weighted by Gasteiger charge is 2.46. The molecule has 1 aromatic heterocycles. The highest BCUT2D eigenvalue weighted by molar-refractivity contribution is 6.08. The fraction of sp³-hybridized carbons (Fsp3) is 0.130. The maximum absolute atomic E-state index is 3.66. The summed E-state index contributed by atoms with van der Waals surface area (Å²) in [7, 11) is 0. The number of allylic oxidation sites excluding steroid dienone is 5. The molecule has 0 radical (unpaired) electrons. The molecule has 2 aromatic carbocycles. The minimum Gasteiger partial charge on any atom is -0.355 e. The van der Waals surface area contributed by atoms with E-state index < -0.39 is 0 Å². The van der Waals surface area contributed by atoms with Crippen LogP contribution in [0.4, 0.5) is 0 Å². The first-order valence-corrected chi connectivity index (χ1v) is 8.60. The molecule has 3 aliphatic rings. The highest BCUT2D eigenvalue weighted by Crippen LogP contribution is 2.57. The molecule has 0 aliphatic heterocycles. The molecule has 0 saturated heterocycles. The van der Waals surface area contributed by atoms with Gasteiger partial charge in [-0.3, -0.25) is 0 Å². The number of fused-ring (bicyclic) bond motifs is 3. The van der Waals surface area contributed by atoms with Crippen molar-refractivity contribution in [2.24, 2.45) is 5.92 Å². The van der Waals surface area contributed by atoms with Gasteiger partial charge in [-0.25, -0.2) is 0 Å². The van der Waals surface area contributed by atoms with Crippen LogP contribution in [0.1, 0.15) is 23.7 Å². The normalized spacial score (nSPS) is 25.4. The third-order valence-corrected chi connectivity index (χ3v) is 6.16. The van der Waals surface area contributed by atoms with Gasteiger partial charge in [0.1, 0.15) is 0 Å². The first kappa shape index (κ1) is 12.6. The zero-order valence-electron chi connectivity index (χ0n) is 13.5. The summed E-state index contributed by atoms with van der Waals surface area (Å²) < 4.78 is 0. The largest absolute Gasteiger partial charge is 0.355 e. The Morgan fingerprint density at radius 1 is 0.917 bits per heavy atom. The van der Waals surface area contributed by atoms with E-state index in [2.05, 4.69) is 84.8 Å². The van der Waals surface area contributed by atoms with Crippen LogP contribution in [0.5, 0.6) is 0 Å². The van der Waals surface area contributed by atoms with Gasteiger partial charge in [0.2, 0.25) is 0 Å². The minimum absolute atomic E-state index is 0.0141. The Hall–Kier alpha value is -2.80. The first-order chi connectivity index (χ1) is 11.8. The van der Waals surface area contributed by atoms with Crippen LogP contribution < -0.4 is 0 Å². The molecule has 3 aromatic rings. The van der Waals surface area contributed by atoms with Crippen molar-refractivity contribution in [2.45, 2.75) is 12.3 Å². The molecule has 1 N–H and O–H groups in total. The number of hydrogen-bond acceptors (Lipinski definition) is 0. The first-order valence-electron chi connectivity index (χ1n) is 8.60. The molecular formula is C23H17N. The fourth-order valence-electron chi connectivity index (χ4n) is 5.05. The van der Waals surface area contributed by atoms with Gasteiger partial charge in [0, 0.05) is 27.9 Å². The number of aromatic nitrogens is 1. The third-order valence-electron chi connectivity index (χ3n) is 6.16. The molecule has 2 atom stereocenters. The van der Waals surface area contributed by atoms with Crippen LogP contribution in [-0.2, 0) is 5.41 Å². The van der Waals surface area contributed by atoms with Crippen LogP contribution in [0.2, 0.25) is 0 Å². The van der Waals surface area contributed by atoms with Crippen LogP contribution in [0.25, 0.3) is 33.7 Å². The summed E-state index contributed by atoms with van der Waals surface area (Å²) in [4.78, 5) is 3.66. The van der Waals surface area contributed by atoms with E-state index in [4.69, 9.17) is 0 Å². The number of H-pyrrole nitrogens is 1. The van der Waals surface area contributed by atoms with Crippen molar-refractivity contribution in [1.29, 1.82) is 0 Å². The zero-order chi connectivity index (χ0) is 15.9. The van der Waals surface area contributed by atoms with Gasteiger partial charge in [-0.05, 0) is 40.0 Å². The van der Waals surface area contributed by atoms with Crippen LogP contribution in [-0.4, -0.2) is 4.98 Å². The number of nitrogens with one attached hydrogen (secondary N) is 1. The van der Waals surface area contributed by atoms with Crippen molar-refractivity contribution in [1.82, 2.24) is 4.98 Å². The molecule has 1 heteroatoms. The molecule has 1 heterocycles. The van der Waals surface area contributed by atoms with Crippen LogP contribution >= 0.6 is 0 Å². The van der Waals surface area contributed by atoms with E-state index in [0.29, 0.717) is 5.92 Å². The van der Waals surface area contributed by atoms with Crippen molar-refractivity contribution in [3.8, 4) is 11.1 Å². The summed E-state index contributed by atoms with van der Waals surface area (Å²) in [6.45, 7) is 2.42. The van der Waals surface area contributed by atoms with Crippen molar-refractivity contribution in [3.05, 3.63) is 83.6 Å². The van der Waals surface area contributed by atoms with Gasteiger partial charge < -0.3 is 4.98 Å². The number of rotatable bonds is 0. The maximum atomic E-state index is 3.66. The topological polar surface area (TPSA) is 15.8 Å². The predicted molar refractivity (Wildman–Crippen MR) is 101 cm³/mol. The van der Waals surface area contributed by atoms with E-state index in [9.17, 15) is 0 Å². The average molecular weight is 307 g/mol. The molecule has 1 nitrogen and oxygen atoms in total. The molecule has 0 bridgehead atoms. The predicted octanol–water partition coefficient (Wildman–Crippen LogP) is 5.70. The van der Waals surface area contributed by atoms with E-state index >= 15 is 0 Å². The highest BCUT2D eigenvalue weighted by atomic mass is 14.7. The zero-order valence-corrected chi connectivity index (χ0v) is 13.5. The van der Waals surface area contributed by atoms with Crippen LogP contribution in [0.3, 0.4) is 0 Å². The Kier molecular flexibility index (Phi) is 2.10. The molecule has 24 heavy (non-hydrogen) atoms. The van der Waals surface area contributed by atoms with Gasteiger partial charge >= 0.3 is 0 Å². The summed E-state index contributed by atoms with van der Waals surface area (Å²) >= 11 is 0. The van der Waals surface area contributed by atoms with Gasteiger partial charge in [0.15, 0.2) is 0 Å². The van der Waals surface area contributed by atoms with Gasteiger partial charge in [-0.1, -0.05) is 67.6 Å². The standard InChI is InChI=1S/C23H17N/c1-23-14-6-4-10-18(23)16-8-3-2-7-15(16)17-9-5-11-19-21(17)22(23)20(24-19)13-12-14/h2-14,24H,1H3. The second-order valence-corrected chi connectivity index (χ2v) is 7.24. The van der Waals surface area contributed by atoms with Crippen molar-refractivity contribution < 1.29 is 0 Å². The smallest absolute Gasteiger partial charge is 0.0468 e. The summed E-state index contributed by atoms with van der Waals surface area (Å²) in [5.41, 5.74) is 9.48. The van der Waals surface area contributed by atoms with E-state index in [1.165, 1.54) is 44.4 Å². The SMILES string of the molecule is CC12C3=CC=CC1C=Cc1[nH]c4cccc(c4c12)-c1ccccc13. The van der Waals surface area contributed by atoms with E-state index in [1.807, 2.05) is 0 Å². The monoisotopic (exact) mass is 307 g/mol. The number of hydrogen-bond donors (Lipinski definition) is 1. The quantitative estimate of drug-likeness (QED) is 0.548.